The van der Waals surface area contributed by atoms with Crippen LogP contribution in [0.15, 0.2) is 47.0 Å². The molecule has 12 heteroatoms. The van der Waals surface area contributed by atoms with Crippen molar-refractivity contribution >= 4 is 45.0 Å². The van der Waals surface area contributed by atoms with Crippen LogP contribution in [0, 0.1) is 11.8 Å². The van der Waals surface area contributed by atoms with Crippen LogP contribution in [0.1, 0.15) is 13.8 Å². The zero-order valence-electron chi connectivity index (χ0n) is 17.6. The number of esters is 1. The molecule has 2 rings (SSSR count). The number of hydrogen-bond donors (Lipinski definition) is 3. The third-order valence-electron chi connectivity index (χ3n) is 3.87. The Labute approximate surface area is 191 Å². The molecule has 0 saturated carbocycles. The van der Waals surface area contributed by atoms with Gasteiger partial charge in [0.15, 0.2) is 5.82 Å². The number of sulfonamides is 1. The number of hydroxylamine groups is 1. The van der Waals surface area contributed by atoms with Crippen LogP contribution < -0.4 is 10.6 Å². The van der Waals surface area contributed by atoms with Gasteiger partial charge in [-0.3, -0.25) is 5.21 Å². The first-order valence-electron chi connectivity index (χ1n) is 9.27. The van der Waals surface area contributed by atoms with E-state index in [4.69, 9.17) is 11.6 Å². The van der Waals surface area contributed by atoms with Gasteiger partial charge in [-0.1, -0.05) is 27.9 Å². The van der Waals surface area contributed by atoms with Crippen molar-refractivity contribution in [2.45, 2.75) is 18.7 Å². The SMILES string of the molecule is CCN(O)S(=O)(=O)c1ccc(Nc2ncc(Cl)c(NCC#CC(C)=CC(=O)OC)n2)cc1. The molecule has 0 aliphatic rings. The number of carbonyl (C=O) groups excluding carboxylic acids is 1. The number of nitrogens with zero attached hydrogens (tertiary/aromatic N) is 3. The summed E-state index contributed by atoms with van der Waals surface area (Å²) in [4.78, 5) is 19.5. The van der Waals surface area contributed by atoms with Crippen molar-refractivity contribution in [3.05, 3.63) is 47.1 Å². The largest absolute Gasteiger partial charge is 0.466 e. The molecule has 0 spiro atoms. The summed E-state index contributed by atoms with van der Waals surface area (Å²) in [5.41, 5.74) is 1.07. The topological polar surface area (TPSA) is 134 Å². The van der Waals surface area contributed by atoms with Gasteiger partial charge < -0.3 is 15.4 Å². The van der Waals surface area contributed by atoms with E-state index in [1.807, 2.05) is 0 Å². The molecular formula is C20H22ClN5O5S. The zero-order valence-corrected chi connectivity index (χ0v) is 19.2. The van der Waals surface area contributed by atoms with E-state index in [9.17, 15) is 18.4 Å². The van der Waals surface area contributed by atoms with Gasteiger partial charge >= 0.3 is 5.97 Å². The molecule has 0 unspecified atom stereocenters. The highest BCUT2D eigenvalue weighted by molar-refractivity contribution is 7.89. The smallest absolute Gasteiger partial charge is 0.331 e. The van der Waals surface area contributed by atoms with Crippen molar-refractivity contribution in [3.8, 4) is 11.8 Å². The summed E-state index contributed by atoms with van der Waals surface area (Å²) >= 11 is 6.11. The molecule has 10 nitrogen and oxygen atoms in total. The number of methoxy groups -OCH3 is 1. The standard InChI is InChI=1S/C20H22ClN5O5S/c1-4-26(28)32(29,30)16-9-7-15(8-10-16)24-20-23-13-17(21)19(25-20)22-11-5-6-14(2)12-18(27)31-3/h7-10,12-13,28H,4,11H2,1-3H3,(H2,22,23,24,25). The third kappa shape index (κ3) is 6.93. The number of carbonyl (C=O) groups is 1. The van der Waals surface area contributed by atoms with Crippen molar-refractivity contribution in [1.82, 2.24) is 14.4 Å². The van der Waals surface area contributed by atoms with Gasteiger partial charge in [-0.15, -0.1) is 0 Å². The molecular weight excluding hydrogens is 458 g/mol. The molecule has 0 radical (unpaired) electrons. The molecule has 1 aromatic heterocycles. The van der Waals surface area contributed by atoms with Gasteiger partial charge in [-0.2, -0.15) is 4.98 Å². The first kappa shape index (κ1) is 25.1. The molecule has 2 aromatic rings. The maximum atomic E-state index is 12.1. The first-order chi connectivity index (χ1) is 15.2. The molecule has 0 amide bonds. The zero-order chi connectivity index (χ0) is 23.7. The van der Waals surface area contributed by atoms with Gasteiger partial charge in [-0.25, -0.2) is 18.2 Å². The number of aromatic nitrogens is 2. The molecule has 3 N–H and O–H groups in total. The Balaban J connectivity index is 2.07. The summed E-state index contributed by atoms with van der Waals surface area (Å²) < 4.78 is 29.0. The number of benzene rings is 1. The fourth-order valence-electron chi connectivity index (χ4n) is 2.27. The van der Waals surface area contributed by atoms with E-state index < -0.39 is 16.0 Å². The highest BCUT2D eigenvalue weighted by atomic mass is 35.5. The maximum Gasteiger partial charge on any atom is 0.331 e. The van der Waals surface area contributed by atoms with Crippen molar-refractivity contribution in [2.75, 3.05) is 30.8 Å². The maximum absolute atomic E-state index is 12.1. The van der Waals surface area contributed by atoms with Gasteiger partial charge in [-0.05, 0) is 38.1 Å². The molecule has 1 aromatic carbocycles. The van der Waals surface area contributed by atoms with Crippen molar-refractivity contribution < 1.29 is 23.2 Å². The average Bonchev–Trinajstić information content (AvgIpc) is 2.78. The predicted molar refractivity (Wildman–Crippen MR) is 120 cm³/mol. The Hall–Kier alpha value is -3.17. The minimum absolute atomic E-state index is 0.0538. The fourth-order valence-corrected chi connectivity index (χ4v) is 3.49. The number of anilines is 3. The molecule has 0 aliphatic heterocycles. The fraction of sp³-hybridized carbons (Fsp3) is 0.250. The van der Waals surface area contributed by atoms with Crippen LogP contribution in [0.3, 0.4) is 0 Å². The number of ether oxygens (including phenoxy) is 1. The second kappa shape index (κ2) is 11.4. The predicted octanol–water partition coefficient (Wildman–Crippen LogP) is 2.81. The summed E-state index contributed by atoms with van der Waals surface area (Å²) in [6.07, 6.45) is 2.68. The van der Waals surface area contributed by atoms with E-state index in [1.54, 1.807) is 6.92 Å². The lowest BCUT2D eigenvalue weighted by Crippen LogP contribution is -2.27. The highest BCUT2D eigenvalue weighted by Crippen LogP contribution is 2.22. The number of nitrogens with one attached hydrogen (secondary N) is 2. The van der Waals surface area contributed by atoms with Gasteiger partial charge in [0.05, 0.1) is 24.7 Å². The van der Waals surface area contributed by atoms with Crippen molar-refractivity contribution in [2.24, 2.45) is 0 Å². The monoisotopic (exact) mass is 479 g/mol. The number of allylic oxidation sites excluding steroid dienone is 1. The minimum atomic E-state index is -3.96. The molecule has 0 atom stereocenters. The highest BCUT2D eigenvalue weighted by Gasteiger charge is 2.20. The van der Waals surface area contributed by atoms with E-state index >= 15 is 0 Å². The second-order valence-electron chi connectivity index (χ2n) is 6.19. The normalized spacial score (nSPS) is 11.5. The quantitative estimate of drug-likeness (QED) is 0.226. The summed E-state index contributed by atoms with van der Waals surface area (Å²) in [7, 11) is -2.67. The van der Waals surface area contributed by atoms with Crippen LogP contribution >= 0.6 is 11.6 Å². The lowest BCUT2D eigenvalue weighted by atomic mass is 10.3. The average molecular weight is 480 g/mol. The lowest BCUT2D eigenvalue weighted by Gasteiger charge is -2.13. The Bertz CT molecular complexity index is 1160. The molecule has 0 fully saturated rings. The third-order valence-corrected chi connectivity index (χ3v) is 5.82. The number of hydrogen-bond acceptors (Lipinski definition) is 9. The summed E-state index contributed by atoms with van der Waals surface area (Å²) in [5, 5.41) is 15.7. The van der Waals surface area contributed by atoms with Gasteiger partial charge in [0.1, 0.15) is 5.02 Å². The molecule has 1 heterocycles. The van der Waals surface area contributed by atoms with E-state index in [0.29, 0.717) is 17.1 Å². The summed E-state index contributed by atoms with van der Waals surface area (Å²) in [6.45, 7) is 3.34. The van der Waals surface area contributed by atoms with E-state index in [0.717, 1.165) is 0 Å². The molecule has 0 bridgehead atoms. The molecule has 170 valence electrons. The summed E-state index contributed by atoms with van der Waals surface area (Å²) in [5.74, 6) is 5.71. The van der Waals surface area contributed by atoms with Gasteiger partial charge in [0, 0.05) is 23.9 Å². The minimum Gasteiger partial charge on any atom is -0.466 e. The molecule has 32 heavy (non-hydrogen) atoms. The summed E-state index contributed by atoms with van der Waals surface area (Å²) in [6, 6.07) is 5.74. The molecule has 0 saturated heterocycles. The van der Waals surface area contributed by atoms with E-state index in [1.165, 1.54) is 50.6 Å². The van der Waals surface area contributed by atoms with Gasteiger partial charge in [0.25, 0.3) is 10.0 Å². The Morgan fingerprint density at radius 1 is 1.34 bits per heavy atom. The lowest BCUT2D eigenvalue weighted by molar-refractivity contribution is -0.134. The van der Waals surface area contributed by atoms with Crippen LogP contribution in [-0.2, 0) is 19.6 Å². The van der Waals surface area contributed by atoms with E-state index in [2.05, 4.69) is 37.2 Å². The Kier molecular flexibility index (Phi) is 8.98. The molecule has 0 aliphatic carbocycles. The Morgan fingerprint density at radius 3 is 2.66 bits per heavy atom. The van der Waals surface area contributed by atoms with Crippen LogP contribution in [0.4, 0.5) is 17.5 Å². The van der Waals surface area contributed by atoms with Crippen LogP contribution in [0.2, 0.25) is 5.02 Å². The number of halogens is 1. The van der Waals surface area contributed by atoms with Gasteiger partial charge in [0.2, 0.25) is 5.95 Å². The van der Waals surface area contributed by atoms with Crippen molar-refractivity contribution in [3.63, 3.8) is 0 Å². The van der Waals surface area contributed by atoms with Crippen LogP contribution in [0.25, 0.3) is 0 Å². The number of rotatable bonds is 8. The first-order valence-corrected chi connectivity index (χ1v) is 11.1. The van der Waals surface area contributed by atoms with Crippen molar-refractivity contribution in [1.29, 1.82) is 0 Å². The second-order valence-corrected chi connectivity index (χ2v) is 8.44. The van der Waals surface area contributed by atoms with Crippen LogP contribution in [-0.4, -0.2) is 54.2 Å². The Morgan fingerprint density at radius 2 is 2.03 bits per heavy atom. The van der Waals surface area contributed by atoms with Crippen LogP contribution in [0.5, 0.6) is 0 Å². The van der Waals surface area contributed by atoms with E-state index in [-0.39, 0.29) is 33.4 Å².